The molecule has 0 aromatic rings. The lowest BCUT2D eigenvalue weighted by Crippen LogP contribution is -2.14. The van der Waals surface area contributed by atoms with E-state index in [1.807, 2.05) is 14.1 Å². The van der Waals surface area contributed by atoms with Gasteiger partial charge in [0.1, 0.15) is 0 Å². The number of thioether (sulfide) groups is 1. The smallest absolute Gasteiger partial charge is 0.0886 e. The first-order chi connectivity index (χ1) is 3.77. The van der Waals surface area contributed by atoms with E-state index in [0.29, 0.717) is 0 Å². The largest absolute Gasteiger partial charge is 0.386 e. The molecule has 0 aliphatic rings. The molecule has 0 amide bonds. The number of hydrogen-bond donors (Lipinski definition) is 1. The minimum atomic E-state index is 0.244. The van der Waals surface area contributed by atoms with Crippen LogP contribution < -0.4 is 0 Å². The Labute approximate surface area is 54.9 Å². The number of nitrogens with zero attached hydrogens (tertiary/aromatic N) is 1. The molecule has 0 atom stereocenters. The van der Waals surface area contributed by atoms with Crippen molar-refractivity contribution in [1.29, 1.82) is 0 Å². The van der Waals surface area contributed by atoms with E-state index >= 15 is 0 Å². The summed E-state index contributed by atoms with van der Waals surface area (Å²) in [6.07, 6.45) is 0. The van der Waals surface area contributed by atoms with Gasteiger partial charge in [0, 0.05) is 12.3 Å². The van der Waals surface area contributed by atoms with Gasteiger partial charge in [-0.25, -0.2) is 0 Å². The van der Waals surface area contributed by atoms with Crippen LogP contribution >= 0.6 is 11.8 Å². The van der Waals surface area contributed by atoms with E-state index in [2.05, 4.69) is 4.90 Å². The first-order valence-electron chi connectivity index (χ1n) is 2.60. The van der Waals surface area contributed by atoms with Crippen molar-refractivity contribution < 1.29 is 5.11 Å². The van der Waals surface area contributed by atoms with Gasteiger partial charge in [-0.2, -0.15) is 0 Å². The van der Waals surface area contributed by atoms with Crippen LogP contribution in [0.1, 0.15) is 0 Å². The summed E-state index contributed by atoms with van der Waals surface area (Å²) in [6.45, 7) is 1.05. The Morgan fingerprint density at radius 2 is 2.12 bits per heavy atom. The zero-order valence-corrected chi connectivity index (χ0v) is 6.24. The summed E-state index contributed by atoms with van der Waals surface area (Å²) in [7, 11) is 4.05. The van der Waals surface area contributed by atoms with Crippen molar-refractivity contribution in [3.63, 3.8) is 0 Å². The molecule has 1 N–H and O–H groups in total. The predicted octanol–water partition coefficient (Wildman–Crippen LogP) is 0.231. The van der Waals surface area contributed by atoms with Gasteiger partial charge in [0.15, 0.2) is 0 Å². The van der Waals surface area contributed by atoms with Crippen LogP contribution in [0.5, 0.6) is 0 Å². The standard InChI is InChI=1S/C5H13NOS/c1-6(2)3-4-8-5-7/h7H,3-5H2,1-2H3. The molecule has 0 radical (unpaired) electrons. The van der Waals surface area contributed by atoms with Gasteiger partial charge >= 0.3 is 0 Å². The van der Waals surface area contributed by atoms with Crippen molar-refractivity contribution in [3.05, 3.63) is 0 Å². The lowest BCUT2D eigenvalue weighted by atomic mass is 10.7. The zero-order valence-electron chi connectivity index (χ0n) is 5.42. The van der Waals surface area contributed by atoms with E-state index < -0.39 is 0 Å². The first-order valence-corrected chi connectivity index (χ1v) is 3.76. The molecule has 8 heavy (non-hydrogen) atoms. The third kappa shape index (κ3) is 6.27. The summed E-state index contributed by atoms with van der Waals surface area (Å²) in [5.74, 6) is 1.26. The maximum absolute atomic E-state index is 8.32. The van der Waals surface area contributed by atoms with Crippen molar-refractivity contribution >= 4 is 11.8 Å². The lowest BCUT2D eigenvalue weighted by molar-refractivity contribution is 0.374. The molecular formula is C5H13NOS. The van der Waals surface area contributed by atoms with Gasteiger partial charge in [-0.3, -0.25) is 0 Å². The fourth-order valence-electron chi connectivity index (χ4n) is 0.312. The second-order valence-electron chi connectivity index (χ2n) is 1.84. The summed E-state index contributed by atoms with van der Waals surface area (Å²) in [5.41, 5.74) is 0. The molecule has 0 aliphatic heterocycles. The molecule has 0 saturated carbocycles. The molecular weight excluding hydrogens is 122 g/mol. The van der Waals surface area contributed by atoms with Crippen LogP contribution in [-0.2, 0) is 0 Å². The van der Waals surface area contributed by atoms with E-state index in [9.17, 15) is 0 Å². The number of hydrogen-bond acceptors (Lipinski definition) is 3. The van der Waals surface area contributed by atoms with Crippen molar-refractivity contribution in [1.82, 2.24) is 4.90 Å². The van der Waals surface area contributed by atoms with Crippen LogP contribution in [0.3, 0.4) is 0 Å². The zero-order chi connectivity index (χ0) is 6.41. The van der Waals surface area contributed by atoms with Gasteiger partial charge in [-0.1, -0.05) is 0 Å². The highest BCUT2D eigenvalue weighted by Crippen LogP contribution is 1.94. The van der Waals surface area contributed by atoms with Gasteiger partial charge in [-0.05, 0) is 14.1 Å². The summed E-state index contributed by atoms with van der Waals surface area (Å²) in [5, 5.41) is 8.32. The Morgan fingerprint density at radius 3 is 2.50 bits per heavy atom. The van der Waals surface area contributed by atoms with Crippen molar-refractivity contribution in [2.24, 2.45) is 0 Å². The first kappa shape index (κ1) is 8.27. The molecule has 2 nitrogen and oxygen atoms in total. The van der Waals surface area contributed by atoms with E-state index in [1.165, 1.54) is 0 Å². The molecule has 0 bridgehead atoms. The minimum Gasteiger partial charge on any atom is -0.386 e. The Kier molecular flexibility index (Phi) is 5.59. The fraction of sp³-hybridized carbons (Fsp3) is 1.00. The maximum Gasteiger partial charge on any atom is 0.0886 e. The normalized spacial score (nSPS) is 10.5. The van der Waals surface area contributed by atoms with Crippen LogP contribution in [0, 0.1) is 0 Å². The van der Waals surface area contributed by atoms with Gasteiger partial charge in [0.05, 0.1) is 5.94 Å². The van der Waals surface area contributed by atoms with Crippen molar-refractivity contribution in [3.8, 4) is 0 Å². The monoisotopic (exact) mass is 135 g/mol. The molecule has 50 valence electrons. The van der Waals surface area contributed by atoms with E-state index in [0.717, 1.165) is 12.3 Å². The van der Waals surface area contributed by atoms with Gasteiger partial charge in [0.2, 0.25) is 0 Å². The molecule has 0 saturated heterocycles. The van der Waals surface area contributed by atoms with Crippen LogP contribution in [-0.4, -0.2) is 42.3 Å². The molecule has 0 aromatic heterocycles. The molecule has 0 spiro atoms. The highest BCUT2D eigenvalue weighted by molar-refractivity contribution is 7.99. The summed E-state index contributed by atoms with van der Waals surface area (Å²) in [6, 6.07) is 0. The van der Waals surface area contributed by atoms with Crippen LogP contribution in [0.15, 0.2) is 0 Å². The SMILES string of the molecule is CN(C)CCSCO. The maximum atomic E-state index is 8.32. The van der Waals surface area contributed by atoms with Crippen LogP contribution in [0.25, 0.3) is 0 Å². The Morgan fingerprint density at radius 1 is 1.50 bits per heavy atom. The van der Waals surface area contributed by atoms with E-state index in [-0.39, 0.29) is 5.94 Å². The second kappa shape index (κ2) is 5.41. The quantitative estimate of drug-likeness (QED) is 0.441. The Bertz CT molecular complexity index is 49.7. The average molecular weight is 135 g/mol. The molecule has 0 aromatic carbocycles. The van der Waals surface area contributed by atoms with E-state index in [1.54, 1.807) is 11.8 Å². The molecule has 3 heteroatoms. The Balaban J connectivity index is 2.72. The topological polar surface area (TPSA) is 23.5 Å². The summed E-state index contributed by atoms with van der Waals surface area (Å²) in [4.78, 5) is 2.10. The molecule has 0 heterocycles. The van der Waals surface area contributed by atoms with Crippen molar-refractivity contribution in [2.75, 3.05) is 32.3 Å². The molecule has 0 aliphatic carbocycles. The predicted molar refractivity (Wildman–Crippen MR) is 38.1 cm³/mol. The number of aliphatic hydroxyl groups excluding tert-OH is 1. The van der Waals surface area contributed by atoms with Crippen LogP contribution in [0.2, 0.25) is 0 Å². The molecule has 0 rings (SSSR count). The van der Waals surface area contributed by atoms with Crippen LogP contribution in [0.4, 0.5) is 0 Å². The highest BCUT2D eigenvalue weighted by atomic mass is 32.2. The van der Waals surface area contributed by atoms with E-state index in [4.69, 9.17) is 5.11 Å². The number of rotatable bonds is 4. The van der Waals surface area contributed by atoms with Crippen molar-refractivity contribution in [2.45, 2.75) is 0 Å². The molecule has 0 unspecified atom stereocenters. The van der Waals surface area contributed by atoms with Gasteiger partial charge < -0.3 is 10.0 Å². The number of aliphatic hydroxyl groups is 1. The molecule has 0 fully saturated rings. The lowest BCUT2D eigenvalue weighted by Gasteiger charge is -2.06. The third-order valence-electron chi connectivity index (χ3n) is 0.774. The van der Waals surface area contributed by atoms with Gasteiger partial charge in [0.25, 0.3) is 0 Å². The average Bonchev–Trinajstić information content (AvgIpc) is 1.66. The fourth-order valence-corrected chi connectivity index (χ4v) is 0.935. The Hall–Kier alpha value is 0.270. The summed E-state index contributed by atoms with van der Waals surface area (Å²) < 4.78 is 0. The van der Waals surface area contributed by atoms with Gasteiger partial charge in [-0.15, -0.1) is 11.8 Å². The minimum absolute atomic E-state index is 0.244. The second-order valence-corrected chi connectivity index (χ2v) is 2.92. The third-order valence-corrected chi connectivity index (χ3v) is 1.43. The summed E-state index contributed by atoms with van der Waals surface area (Å²) >= 11 is 1.55. The highest BCUT2D eigenvalue weighted by Gasteiger charge is 1.87.